The number of hydrazone groups is 1. The second-order valence-corrected chi connectivity index (χ2v) is 8.60. The van der Waals surface area contributed by atoms with Crippen LogP contribution in [0.1, 0.15) is 61.4 Å². The smallest absolute Gasteiger partial charge is 0.240 e. The number of carbonyl (C=O) groups is 2. The van der Waals surface area contributed by atoms with Crippen LogP contribution in [0.15, 0.2) is 52.9 Å². The van der Waals surface area contributed by atoms with Crippen LogP contribution in [-0.2, 0) is 4.79 Å². The van der Waals surface area contributed by atoms with Crippen LogP contribution in [0, 0.1) is 0 Å². The SMILES string of the molecule is CCCCC/C(=N\NC(=O)CCC(=O)c1ccc(OC)c(OC)c1)c1csc2ccccc12. The molecule has 1 amide bonds. The Kier molecular flexibility index (Phi) is 9.01. The summed E-state index contributed by atoms with van der Waals surface area (Å²) in [6.07, 6.45) is 4.16. The second kappa shape index (κ2) is 12.2. The van der Waals surface area contributed by atoms with Gasteiger partial charge in [0.15, 0.2) is 17.3 Å². The molecular weight excluding hydrogens is 436 g/mol. The summed E-state index contributed by atoms with van der Waals surface area (Å²) < 4.78 is 11.6. The largest absolute Gasteiger partial charge is 0.493 e. The highest BCUT2D eigenvalue weighted by Gasteiger charge is 2.14. The highest BCUT2D eigenvalue weighted by Crippen LogP contribution is 2.29. The van der Waals surface area contributed by atoms with Gasteiger partial charge in [0.05, 0.1) is 19.9 Å². The molecule has 0 bridgehead atoms. The first kappa shape index (κ1) is 24.5. The number of hydrogen-bond acceptors (Lipinski definition) is 6. The van der Waals surface area contributed by atoms with E-state index in [2.05, 4.69) is 35.0 Å². The zero-order chi connectivity index (χ0) is 23.6. The van der Waals surface area contributed by atoms with E-state index in [1.807, 2.05) is 12.1 Å². The molecule has 0 fully saturated rings. The number of hydrogen-bond donors (Lipinski definition) is 1. The Labute approximate surface area is 198 Å². The van der Waals surface area contributed by atoms with Gasteiger partial charge in [-0.05, 0) is 37.1 Å². The molecule has 2 aromatic carbocycles. The Morgan fingerprint density at radius 2 is 1.76 bits per heavy atom. The summed E-state index contributed by atoms with van der Waals surface area (Å²) in [6.45, 7) is 2.16. The minimum atomic E-state index is -0.281. The molecule has 0 aliphatic carbocycles. The number of rotatable bonds is 12. The Hall–Kier alpha value is -3.19. The monoisotopic (exact) mass is 466 g/mol. The number of ether oxygens (including phenoxy) is 2. The molecule has 1 heterocycles. The van der Waals surface area contributed by atoms with Crippen LogP contribution >= 0.6 is 11.3 Å². The van der Waals surface area contributed by atoms with Gasteiger partial charge in [-0.3, -0.25) is 9.59 Å². The van der Waals surface area contributed by atoms with Gasteiger partial charge in [-0.25, -0.2) is 5.43 Å². The van der Waals surface area contributed by atoms with Gasteiger partial charge in [0, 0.05) is 39.4 Å². The van der Waals surface area contributed by atoms with E-state index in [9.17, 15) is 9.59 Å². The maximum absolute atomic E-state index is 12.6. The van der Waals surface area contributed by atoms with Gasteiger partial charge in [0.25, 0.3) is 0 Å². The summed E-state index contributed by atoms with van der Waals surface area (Å²) in [4.78, 5) is 25.0. The van der Waals surface area contributed by atoms with Crippen LogP contribution in [0.5, 0.6) is 11.5 Å². The Morgan fingerprint density at radius 1 is 0.970 bits per heavy atom. The van der Waals surface area contributed by atoms with E-state index in [0.717, 1.165) is 42.3 Å². The number of Topliss-reactive ketones (excluding diaryl/α,β-unsaturated/α-hetero) is 1. The molecule has 174 valence electrons. The van der Waals surface area contributed by atoms with Crippen LogP contribution in [0.25, 0.3) is 10.1 Å². The number of nitrogens with one attached hydrogen (secondary N) is 1. The summed E-state index contributed by atoms with van der Waals surface area (Å²) in [5.74, 6) is 0.619. The summed E-state index contributed by atoms with van der Waals surface area (Å²) in [7, 11) is 3.06. The third-order valence-electron chi connectivity index (χ3n) is 5.41. The first-order chi connectivity index (χ1) is 16.1. The summed E-state index contributed by atoms with van der Waals surface area (Å²) in [5, 5.41) is 7.71. The third-order valence-corrected chi connectivity index (χ3v) is 6.37. The number of benzene rings is 2. The second-order valence-electron chi connectivity index (χ2n) is 7.69. The molecule has 6 nitrogen and oxygen atoms in total. The zero-order valence-corrected chi connectivity index (χ0v) is 20.2. The Balaban J connectivity index is 1.65. The van der Waals surface area contributed by atoms with Crippen LogP contribution < -0.4 is 14.9 Å². The normalized spacial score (nSPS) is 11.4. The lowest BCUT2D eigenvalue weighted by atomic mass is 10.0. The number of unbranched alkanes of at least 4 members (excludes halogenated alkanes) is 2. The van der Waals surface area contributed by atoms with Crippen LogP contribution in [0.4, 0.5) is 0 Å². The van der Waals surface area contributed by atoms with Crippen LogP contribution in [0.2, 0.25) is 0 Å². The highest BCUT2D eigenvalue weighted by atomic mass is 32.1. The van der Waals surface area contributed by atoms with E-state index in [1.54, 1.807) is 36.6 Å². The molecule has 3 aromatic rings. The number of carbonyl (C=O) groups excluding carboxylic acids is 2. The number of ketones is 1. The molecule has 0 atom stereocenters. The number of methoxy groups -OCH3 is 2. The molecule has 3 rings (SSSR count). The van der Waals surface area contributed by atoms with Gasteiger partial charge in [0.2, 0.25) is 5.91 Å². The van der Waals surface area contributed by atoms with Gasteiger partial charge in [-0.15, -0.1) is 11.3 Å². The lowest BCUT2D eigenvalue weighted by molar-refractivity contribution is -0.121. The number of thiophene rings is 1. The third kappa shape index (κ3) is 6.42. The van der Waals surface area contributed by atoms with Crippen molar-refractivity contribution in [2.45, 2.75) is 45.4 Å². The Morgan fingerprint density at radius 3 is 2.52 bits per heavy atom. The predicted octanol–water partition coefficient (Wildman–Crippen LogP) is 5.98. The lowest BCUT2D eigenvalue weighted by Crippen LogP contribution is -2.21. The van der Waals surface area contributed by atoms with Crippen molar-refractivity contribution in [1.82, 2.24) is 5.43 Å². The number of amides is 1. The highest BCUT2D eigenvalue weighted by molar-refractivity contribution is 7.17. The summed E-state index contributed by atoms with van der Waals surface area (Å²) in [6, 6.07) is 13.2. The summed E-state index contributed by atoms with van der Waals surface area (Å²) >= 11 is 1.68. The van der Waals surface area contributed by atoms with Crippen molar-refractivity contribution in [3.8, 4) is 11.5 Å². The van der Waals surface area contributed by atoms with Crippen molar-refractivity contribution < 1.29 is 19.1 Å². The quantitative estimate of drug-likeness (QED) is 0.154. The number of nitrogens with zero attached hydrogens (tertiary/aromatic N) is 1. The standard InChI is InChI=1S/C26H30N2O4S/c1-4-5-6-10-21(20-17-33-25-11-8-7-9-19(20)25)27-28-26(30)15-13-22(29)18-12-14-23(31-2)24(16-18)32-3/h7-9,11-12,14,16-17H,4-6,10,13,15H2,1-3H3,(H,28,30)/b27-21+. The van der Waals surface area contributed by atoms with Crippen LogP contribution in [-0.4, -0.2) is 31.6 Å². The average Bonchev–Trinajstić information content (AvgIpc) is 3.28. The molecule has 0 saturated heterocycles. The van der Waals surface area contributed by atoms with E-state index in [-0.39, 0.29) is 24.5 Å². The van der Waals surface area contributed by atoms with Crippen LogP contribution in [0.3, 0.4) is 0 Å². The van der Waals surface area contributed by atoms with Crippen molar-refractivity contribution in [1.29, 1.82) is 0 Å². The van der Waals surface area contributed by atoms with Crippen molar-refractivity contribution in [3.63, 3.8) is 0 Å². The van der Waals surface area contributed by atoms with E-state index >= 15 is 0 Å². The van der Waals surface area contributed by atoms with Crippen molar-refractivity contribution in [3.05, 3.63) is 59.0 Å². The number of fused-ring (bicyclic) bond motifs is 1. The molecule has 0 spiro atoms. The van der Waals surface area contributed by atoms with Crippen molar-refractivity contribution in [2.24, 2.45) is 5.10 Å². The molecule has 33 heavy (non-hydrogen) atoms. The van der Waals surface area contributed by atoms with Gasteiger partial charge in [-0.1, -0.05) is 38.0 Å². The van der Waals surface area contributed by atoms with E-state index < -0.39 is 0 Å². The van der Waals surface area contributed by atoms with E-state index in [4.69, 9.17) is 9.47 Å². The Bertz CT molecular complexity index is 1140. The topological polar surface area (TPSA) is 77.0 Å². The van der Waals surface area contributed by atoms with Gasteiger partial charge in [0.1, 0.15) is 0 Å². The minimum Gasteiger partial charge on any atom is -0.493 e. The molecule has 1 aromatic heterocycles. The molecule has 0 saturated carbocycles. The zero-order valence-electron chi connectivity index (χ0n) is 19.3. The van der Waals surface area contributed by atoms with E-state index in [0.29, 0.717) is 17.1 Å². The molecule has 1 N–H and O–H groups in total. The van der Waals surface area contributed by atoms with Gasteiger partial charge < -0.3 is 9.47 Å². The molecule has 7 heteroatoms. The molecule has 0 aliphatic rings. The molecular formula is C26H30N2O4S. The fraction of sp³-hybridized carbons (Fsp3) is 0.346. The fourth-order valence-corrected chi connectivity index (χ4v) is 4.53. The minimum absolute atomic E-state index is 0.0588. The van der Waals surface area contributed by atoms with Gasteiger partial charge >= 0.3 is 0 Å². The lowest BCUT2D eigenvalue weighted by Gasteiger charge is -2.09. The van der Waals surface area contributed by atoms with Crippen molar-refractivity contribution in [2.75, 3.05) is 14.2 Å². The summed E-state index contributed by atoms with van der Waals surface area (Å²) in [5.41, 5.74) is 5.09. The maximum atomic E-state index is 12.6. The molecule has 0 radical (unpaired) electrons. The maximum Gasteiger partial charge on any atom is 0.240 e. The molecule has 0 unspecified atom stereocenters. The molecule has 0 aliphatic heterocycles. The first-order valence-corrected chi connectivity index (χ1v) is 12.0. The van der Waals surface area contributed by atoms with Gasteiger partial charge in [-0.2, -0.15) is 5.10 Å². The first-order valence-electron chi connectivity index (χ1n) is 11.1. The average molecular weight is 467 g/mol. The fourth-order valence-electron chi connectivity index (χ4n) is 3.56. The predicted molar refractivity (Wildman–Crippen MR) is 134 cm³/mol. The van der Waals surface area contributed by atoms with E-state index in [1.165, 1.54) is 11.8 Å². The van der Waals surface area contributed by atoms with Crippen molar-refractivity contribution >= 4 is 38.8 Å².